The van der Waals surface area contributed by atoms with E-state index < -0.39 is 9.84 Å². The minimum Gasteiger partial charge on any atom is -0.384 e. The highest BCUT2D eigenvalue weighted by Gasteiger charge is 2.17. The molecule has 3 aromatic heterocycles. The number of nitrogens with two attached hydrogens (primary N) is 1. The molecule has 25 heavy (non-hydrogen) atoms. The third-order valence-electron chi connectivity index (χ3n) is 3.61. The fraction of sp³-hybridized carbons (Fsp3) is 0.0625. The Balaban J connectivity index is 1.89. The molecule has 0 aliphatic carbocycles. The topological polar surface area (TPSA) is 104 Å². The van der Waals surface area contributed by atoms with Gasteiger partial charge in [-0.1, -0.05) is 18.2 Å². The molecule has 126 valence electrons. The van der Waals surface area contributed by atoms with Crippen molar-refractivity contribution in [3.05, 3.63) is 48.9 Å². The van der Waals surface area contributed by atoms with Crippen LogP contribution in [0.15, 0.2) is 54.1 Å². The van der Waals surface area contributed by atoms with E-state index >= 15 is 0 Å². The van der Waals surface area contributed by atoms with Crippen molar-refractivity contribution in [3.8, 4) is 16.4 Å². The van der Waals surface area contributed by atoms with Crippen LogP contribution in [-0.2, 0) is 9.84 Å². The van der Waals surface area contributed by atoms with E-state index in [0.717, 1.165) is 21.3 Å². The Labute approximate surface area is 147 Å². The lowest BCUT2D eigenvalue weighted by atomic mass is 10.2. The van der Waals surface area contributed by atoms with Gasteiger partial charge in [0.2, 0.25) is 15.0 Å². The Morgan fingerprint density at radius 3 is 2.72 bits per heavy atom. The molecule has 0 fully saturated rings. The summed E-state index contributed by atoms with van der Waals surface area (Å²) in [6.45, 7) is 0. The first-order valence-electron chi connectivity index (χ1n) is 7.28. The number of sulfone groups is 1. The monoisotopic (exact) mass is 371 g/mol. The van der Waals surface area contributed by atoms with E-state index in [1.54, 1.807) is 23.9 Å². The smallest absolute Gasteiger partial charge is 0.249 e. The summed E-state index contributed by atoms with van der Waals surface area (Å²) in [5, 5.41) is 1.78. The zero-order valence-corrected chi connectivity index (χ0v) is 14.8. The molecule has 3 heterocycles. The van der Waals surface area contributed by atoms with Gasteiger partial charge in [0.15, 0.2) is 0 Å². The van der Waals surface area contributed by atoms with Gasteiger partial charge in [0.05, 0.1) is 17.6 Å². The van der Waals surface area contributed by atoms with Crippen LogP contribution < -0.4 is 5.73 Å². The van der Waals surface area contributed by atoms with Gasteiger partial charge in [-0.25, -0.2) is 23.4 Å². The van der Waals surface area contributed by atoms with E-state index in [2.05, 4.69) is 15.0 Å². The number of imidazole rings is 1. The summed E-state index contributed by atoms with van der Waals surface area (Å²) in [5.41, 5.74) is 6.82. The molecule has 0 bridgehead atoms. The molecular weight excluding hydrogens is 358 g/mol. The summed E-state index contributed by atoms with van der Waals surface area (Å²) in [5.74, 6) is 0.0921. The third-order valence-corrected chi connectivity index (χ3v) is 5.57. The fourth-order valence-corrected chi connectivity index (χ4v) is 4.07. The molecule has 9 heteroatoms. The second-order valence-corrected chi connectivity index (χ2v) is 8.48. The van der Waals surface area contributed by atoms with Gasteiger partial charge in [0.1, 0.15) is 17.1 Å². The van der Waals surface area contributed by atoms with Crippen LogP contribution in [0.4, 0.5) is 5.82 Å². The zero-order chi connectivity index (χ0) is 17.6. The van der Waals surface area contributed by atoms with Gasteiger partial charge in [-0.15, -0.1) is 11.3 Å². The lowest BCUT2D eigenvalue weighted by Crippen LogP contribution is -2.08. The predicted octanol–water partition coefficient (Wildman–Crippen LogP) is 2.53. The number of aromatic nitrogens is 4. The Kier molecular flexibility index (Phi) is 3.55. The van der Waals surface area contributed by atoms with Crippen LogP contribution in [0.2, 0.25) is 0 Å². The fourth-order valence-electron chi connectivity index (χ4n) is 2.49. The van der Waals surface area contributed by atoms with Crippen LogP contribution in [0.25, 0.3) is 26.5 Å². The molecule has 0 aliphatic heterocycles. The van der Waals surface area contributed by atoms with E-state index in [1.165, 1.54) is 6.07 Å². The predicted molar refractivity (Wildman–Crippen MR) is 97.5 cm³/mol. The molecule has 0 radical (unpaired) electrons. The maximum absolute atomic E-state index is 11.8. The van der Waals surface area contributed by atoms with Crippen LogP contribution in [-0.4, -0.2) is 34.2 Å². The summed E-state index contributed by atoms with van der Waals surface area (Å²) in [7, 11) is -3.57. The van der Waals surface area contributed by atoms with Crippen LogP contribution in [0.1, 0.15) is 0 Å². The van der Waals surface area contributed by atoms with E-state index in [1.807, 2.05) is 34.9 Å². The summed E-state index contributed by atoms with van der Waals surface area (Å²) >= 11 is 1.61. The molecule has 0 saturated carbocycles. The van der Waals surface area contributed by atoms with Gasteiger partial charge in [0, 0.05) is 17.0 Å². The van der Waals surface area contributed by atoms with E-state index in [0.29, 0.717) is 11.4 Å². The summed E-state index contributed by atoms with van der Waals surface area (Å²) in [6, 6.07) is 11.6. The van der Waals surface area contributed by atoms with Crippen LogP contribution in [0.5, 0.6) is 0 Å². The molecule has 0 unspecified atom stereocenters. The first-order chi connectivity index (χ1) is 11.9. The van der Waals surface area contributed by atoms with Gasteiger partial charge in [-0.05, 0) is 17.5 Å². The molecule has 0 spiro atoms. The van der Waals surface area contributed by atoms with Crippen molar-refractivity contribution in [1.82, 2.24) is 19.5 Å². The maximum atomic E-state index is 11.8. The van der Waals surface area contributed by atoms with Crippen molar-refractivity contribution in [2.24, 2.45) is 0 Å². The van der Waals surface area contributed by atoms with Crippen molar-refractivity contribution in [1.29, 1.82) is 0 Å². The minimum absolute atomic E-state index is 0.0921. The average Bonchev–Trinajstić information content (AvgIpc) is 3.19. The van der Waals surface area contributed by atoms with E-state index in [4.69, 9.17) is 5.73 Å². The minimum atomic E-state index is -3.57. The summed E-state index contributed by atoms with van der Waals surface area (Å²) in [4.78, 5) is 12.1. The highest BCUT2D eigenvalue weighted by Crippen LogP contribution is 2.31. The molecule has 0 saturated heterocycles. The Hall–Kier alpha value is -2.78. The first kappa shape index (κ1) is 15.7. The molecule has 4 rings (SSSR count). The zero-order valence-electron chi connectivity index (χ0n) is 13.1. The van der Waals surface area contributed by atoms with Crippen LogP contribution >= 0.6 is 11.3 Å². The second-order valence-electron chi connectivity index (χ2n) is 5.50. The number of hydrogen-bond acceptors (Lipinski definition) is 7. The first-order valence-corrected chi connectivity index (χ1v) is 9.99. The Bertz CT molecular complexity index is 1160. The Morgan fingerprint density at radius 1 is 1.16 bits per heavy atom. The highest BCUT2D eigenvalue weighted by atomic mass is 32.2. The average molecular weight is 371 g/mol. The van der Waals surface area contributed by atoms with Crippen LogP contribution in [0.3, 0.4) is 0 Å². The number of rotatable bonds is 3. The van der Waals surface area contributed by atoms with Gasteiger partial charge in [-0.3, -0.25) is 4.57 Å². The second kappa shape index (κ2) is 5.64. The quantitative estimate of drug-likeness (QED) is 0.555. The molecule has 1 aromatic carbocycles. The maximum Gasteiger partial charge on any atom is 0.249 e. The van der Waals surface area contributed by atoms with Crippen molar-refractivity contribution in [3.63, 3.8) is 0 Å². The third kappa shape index (κ3) is 2.87. The molecule has 0 aliphatic rings. The molecular formula is C16H13N5O2S2. The SMILES string of the molecule is CS(=O)(=O)c1nc(N)cc(-c2cncn2-c2cc3ccccc3s2)n1. The molecule has 7 nitrogen and oxygen atoms in total. The molecule has 0 atom stereocenters. The van der Waals surface area contributed by atoms with Crippen molar-refractivity contribution in [2.45, 2.75) is 5.16 Å². The number of anilines is 1. The number of nitrogens with zero attached hydrogens (tertiary/aromatic N) is 4. The Morgan fingerprint density at radius 2 is 1.96 bits per heavy atom. The standard InChI is InChI=1S/C16H13N5O2S2/c1-25(22,23)16-19-11(7-14(17)20-16)12-8-18-9-21(12)15-6-10-4-2-3-5-13(10)24-15/h2-9H,1H3,(H2,17,19,20). The van der Waals surface area contributed by atoms with Crippen LogP contribution in [0, 0.1) is 0 Å². The van der Waals surface area contributed by atoms with E-state index in [-0.39, 0.29) is 11.0 Å². The molecule has 0 amide bonds. The number of hydrogen-bond donors (Lipinski definition) is 1. The van der Waals surface area contributed by atoms with Gasteiger partial charge < -0.3 is 5.73 Å². The summed E-state index contributed by atoms with van der Waals surface area (Å²) in [6.07, 6.45) is 4.34. The lowest BCUT2D eigenvalue weighted by Gasteiger charge is -2.07. The largest absolute Gasteiger partial charge is 0.384 e. The van der Waals surface area contributed by atoms with Gasteiger partial charge in [-0.2, -0.15) is 0 Å². The van der Waals surface area contributed by atoms with Crippen molar-refractivity contribution >= 4 is 37.1 Å². The number of benzene rings is 1. The number of fused-ring (bicyclic) bond motifs is 1. The normalized spacial score (nSPS) is 11.9. The number of thiophene rings is 1. The lowest BCUT2D eigenvalue weighted by molar-refractivity contribution is 0.593. The van der Waals surface area contributed by atoms with Gasteiger partial charge in [0.25, 0.3) is 0 Å². The highest BCUT2D eigenvalue weighted by molar-refractivity contribution is 7.90. The van der Waals surface area contributed by atoms with E-state index in [9.17, 15) is 8.42 Å². The molecule has 2 N–H and O–H groups in total. The van der Waals surface area contributed by atoms with Crippen molar-refractivity contribution in [2.75, 3.05) is 12.0 Å². The number of nitrogen functional groups attached to an aromatic ring is 1. The van der Waals surface area contributed by atoms with Crippen molar-refractivity contribution < 1.29 is 8.42 Å². The van der Waals surface area contributed by atoms with Gasteiger partial charge >= 0.3 is 0 Å². The summed E-state index contributed by atoms with van der Waals surface area (Å²) < 4.78 is 26.6. The molecule has 4 aromatic rings.